The number of nitrogens with one attached hydrogen (secondary N) is 3. The number of carbonyl (C=O) groups excluding carboxylic acids is 1. The average molecular weight is 472 g/mol. The molecule has 182 valence electrons. The number of halogens is 1. The van der Waals surface area contributed by atoms with Crippen LogP contribution in [0.2, 0.25) is 0 Å². The number of aromatic nitrogens is 4. The molecule has 2 saturated carbocycles. The fourth-order valence-corrected chi connectivity index (χ4v) is 3.98. The number of aliphatic hydroxyl groups excluding tert-OH is 1. The van der Waals surface area contributed by atoms with Gasteiger partial charge in [0.2, 0.25) is 5.88 Å². The van der Waals surface area contributed by atoms with Crippen LogP contribution in [0.3, 0.4) is 0 Å². The predicted molar refractivity (Wildman–Crippen MR) is 126 cm³/mol. The molecule has 0 aliphatic heterocycles. The van der Waals surface area contributed by atoms with E-state index in [1.165, 1.54) is 25.5 Å². The van der Waals surface area contributed by atoms with Gasteiger partial charge in [-0.15, -0.1) is 0 Å². The van der Waals surface area contributed by atoms with Crippen LogP contribution in [-0.4, -0.2) is 63.1 Å². The molecule has 4 N–H and O–H groups in total. The molecule has 0 bridgehead atoms. The van der Waals surface area contributed by atoms with Crippen LogP contribution >= 0.6 is 0 Å². The minimum atomic E-state index is -0.980. The number of nitrogens with zero attached hydrogens (tertiary/aromatic N) is 4. The number of ether oxygens (including phenoxy) is 1. The lowest BCUT2D eigenvalue weighted by Gasteiger charge is -2.23. The number of hydrogen-bond donors (Lipinski definition) is 4. The molecule has 0 saturated heterocycles. The minimum Gasteiger partial charge on any atom is -0.473 e. The molecule has 10 nitrogen and oxygen atoms in total. The SMILES string of the molecule is CNc1cc(Nc2cccnc2OC2CCCCC2)nc2c(C(=O)NC3CC3F)cnn12.CO. The molecule has 1 amide bonds. The van der Waals surface area contributed by atoms with Crippen molar-refractivity contribution >= 4 is 28.9 Å². The monoisotopic (exact) mass is 471 g/mol. The van der Waals surface area contributed by atoms with E-state index in [0.29, 0.717) is 35.3 Å². The predicted octanol–water partition coefficient (Wildman–Crippen LogP) is 3.07. The quantitative estimate of drug-likeness (QED) is 0.414. The third kappa shape index (κ3) is 5.19. The van der Waals surface area contributed by atoms with Gasteiger partial charge in [-0.25, -0.2) is 14.4 Å². The highest BCUT2D eigenvalue weighted by atomic mass is 19.1. The van der Waals surface area contributed by atoms with E-state index >= 15 is 0 Å². The van der Waals surface area contributed by atoms with Crippen LogP contribution in [0.25, 0.3) is 5.65 Å². The summed E-state index contributed by atoms with van der Waals surface area (Å²) in [5, 5.41) is 20.3. The molecule has 3 aromatic rings. The number of pyridine rings is 1. The Morgan fingerprint density at radius 1 is 1.26 bits per heavy atom. The van der Waals surface area contributed by atoms with E-state index in [9.17, 15) is 9.18 Å². The van der Waals surface area contributed by atoms with Crippen molar-refractivity contribution in [1.29, 1.82) is 0 Å². The van der Waals surface area contributed by atoms with E-state index in [2.05, 4.69) is 31.0 Å². The van der Waals surface area contributed by atoms with Gasteiger partial charge in [0.25, 0.3) is 5.91 Å². The van der Waals surface area contributed by atoms with Gasteiger partial charge in [0.1, 0.15) is 35.2 Å². The first kappa shape index (κ1) is 23.7. The lowest BCUT2D eigenvalue weighted by molar-refractivity contribution is 0.0949. The van der Waals surface area contributed by atoms with E-state index in [-0.39, 0.29) is 17.6 Å². The van der Waals surface area contributed by atoms with Crippen LogP contribution in [-0.2, 0) is 0 Å². The first-order valence-corrected chi connectivity index (χ1v) is 11.5. The lowest BCUT2D eigenvalue weighted by atomic mass is 9.98. The first-order chi connectivity index (χ1) is 16.6. The highest BCUT2D eigenvalue weighted by Crippen LogP contribution is 2.30. The highest BCUT2D eigenvalue weighted by molar-refractivity contribution is 6.00. The van der Waals surface area contributed by atoms with Gasteiger partial charge in [-0.05, 0) is 37.8 Å². The number of carbonyl (C=O) groups is 1. The second-order valence-corrected chi connectivity index (χ2v) is 8.26. The fourth-order valence-electron chi connectivity index (χ4n) is 3.98. The zero-order valence-electron chi connectivity index (χ0n) is 19.3. The number of fused-ring (bicyclic) bond motifs is 1. The van der Waals surface area contributed by atoms with Gasteiger partial charge in [-0.2, -0.15) is 9.61 Å². The van der Waals surface area contributed by atoms with Gasteiger partial charge in [0.15, 0.2) is 5.65 Å². The Labute approximate surface area is 196 Å². The standard InChI is InChI=1S/C22H26FN7O2.CH4O/c1-24-19-11-18(27-16-8-5-9-25-22(16)32-13-6-3-2-4-7-13)29-20-14(12-26-30(19)20)21(31)28-17-10-15(17)23;1-2/h5,8-9,11-13,15,17,24H,2-4,6-7,10H2,1H3,(H,27,29)(H,28,31);2H,1H3. The molecule has 0 aromatic carbocycles. The molecule has 0 spiro atoms. The Hall–Kier alpha value is -3.47. The van der Waals surface area contributed by atoms with Crippen LogP contribution in [0.1, 0.15) is 48.9 Å². The summed E-state index contributed by atoms with van der Waals surface area (Å²) in [5.41, 5.74) is 1.35. The maximum atomic E-state index is 13.2. The minimum absolute atomic E-state index is 0.161. The highest BCUT2D eigenvalue weighted by Gasteiger charge is 2.39. The molecule has 0 radical (unpaired) electrons. The van der Waals surface area contributed by atoms with Crippen molar-refractivity contribution in [2.45, 2.75) is 56.8 Å². The Kier molecular flexibility index (Phi) is 7.41. The van der Waals surface area contributed by atoms with Crippen LogP contribution in [0.4, 0.5) is 21.7 Å². The first-order valence-electron chi connectivity index (χ1n) is 11.5. The maximum absolute atomic E-state index is 13.2. The van der Waals surface area contributed by atoms with Crippen molar-refractivity contribution < 1.29 is 19.0 Å². The van der Waals surface area contributed by atoms with Crippen molar-refractivity contribution in [2.75, 3.05) is 24.8 Å². The molecular weight excluding hydrogens is 441 g/mol. The summed E-state index contributed by atoms with van der Waals surface area (Å²) < 4.78 is 21.0. The van der Waals surface area contributed by atoms with E-state index < -0.39 is 12.2 Å². The van der Waals surface area contributed by atoms with Crippen molar-refractivity contribution in [1.82, 2.24) is 24.9 Å². The summed E-state index contributed by atoms with van der Waals surface area (Å²) in [5.74, 6) is 1.29. The molecule has 5 rings (SSSR count). The summed E-state index contributed by atoms with van der Waals surface area (Å²) >= 11 is 0. The molecule has 3 aromatic heterocycles. The second-order valence-electron chi connectivity index (χ2n) is 8.26. The average Bonchev–Trinajstić information content (AvgIpc) is 3.38. The number of aliphatic hydroxyl groups is 1. The van der Waals surface area contributed by atoms with E-state index in [4.69, 9.17) is 9.84 Å². The number of alkyl halides is 1. The van der Waals surface area contributed by atoms with Crippen molar-refractivity contribution in [3.63, 3.8) is 0 Å². The molecular formula is C23H30FN7O3. The largest absolute Gasteiger partial charge is 0.473 e. The number of hydrogen-bond acceptors (Lipinski definition) is 8. The smallest absolute Gasteiger partial charge is 0.257 e. The molecule has 2 atom stereocenters. The van der Waals surface area contributed by atoms with E-state index in [0.717, 1.165) is 20.0 Å². The van der Waals surface area contributed by atoms with Crippen LogP contribution in [0, 0.1) is 0 Å². The number of anilines is 3. The van der Waals surface area contributed by atoms with Gasteiger partial charge in [-0.3, -0.25) is 4.79 Å². The van der Waals surface area contributed by atoms with Gasteiger partial charge >= 0.3 is 0 Å². The van der Waals surface area contributed by atoms with Crippen LogP contribution < -0.4 is 20.7 Å². The summed E-state index contributed by atoms with van der Waals surface area (Å²) in [6.45, 7) is 0. The normalized spacial score (nSPS) is 19.6. The summed E-state index contributed by atoms with van der Waals surface area (Å²) in [6.07, 6.45) is 8.31. The maximum Gasteiger partial charge on any atom is 0.257 e. The van der Waals surface area contributed by atoms with E-state index in [1.807, 2.05) is 12.1 Å². The Bertz CT molecular complexity index is 1130. The van der Waals surface area contributed by atoms with Crippen LogP contribution in [0.5, 0.6) is 5.88 Å². The van der Waals surface area contributed by atoms with Crippen molar-refractivity contribution in [3.05, 3.63) is 36.2 Å². The molecule has 2 aliphatic rings. The number of amides is 1. The molecule has 11 heteroatoms. The van der Waals surface area contributed by atoms with Crippen molar-refractivity contribution in [2.24, 2.45) is 0 Å². The summed E-state index contributed by atoms with van der Waals surface area (Å²) in [4.78, 5) is 21.6. The zero-order chi connectivity index (χ0) is 24.1. The Balaban J connectivity index is 0.00000133. The van der Waals surface area contributed by atoms with Gasteiger partial charge in [0.05, 0.1) is 12.2 Å². The fraction of sp³-hybridized carbons (Fsp3) is 0.478. The van der Waals surface area contributed by atoms with Crippen LogP contribution in [0.15, 0.2) is 30.6 Å². The second kappa shape index (κ2) is 10.6. The van der Waals surface area contributed by atoms with Gasteiger partial charge in [0, 0.05) is 32.8 Å². The zero-order valence-corrected chi connectivity index (χ0v) is 19.3. The van der Waals surface area contributed by atoms with E-state index in [1.54, 1.807) is 23.8 Å². The Morgan fingerprint density at radius 2 is 2.03 bits per heavy atom. The third-order valence-corrected chi connectivity index (χ3v) is 5.87. The summed E-state index contributed by atoms with van der Waals surface area (Å²) in [6, 6.07) is 5.07. The lowest BCUT2D eigenvalue weighted by Crippen LogP contribution is -2.27. The molecule has 3 heterocycles. The molecule has 34 heavy (non-hydrogen) atoms. The number of rotatable bonds is 7. The van der Waals surface area contributed by atoms with Gasteiger partial charge in [-0.1, -0.05) is 6.42 Å². The third-order valence-electron chi connectivity index (χ3n) is 5.87. The Morgan fingerprint density at radius 3 is 2.74 bits per heavy atom. The summed E-state index contributed by atoms with van der Waals surface area (Å²) in [7, 11) is 2.76. The topological polar surface area (TPSA) is 126 Å². The van der Waals surface area contributed by atoms with Gasteiger partial charge < -0.3 is 25.8 Å². The van der Waals surface area contributed by atoms with Crippen molar-refractivity contribution in [3.8, 4) is 5.88 Å². The molecule has 2 aliphatic carbocycles. The molecule has 2 fully saturated rings. The molecule has 2 unspecified atom stereocenters.